The molecule has 1 aromatic heterocycles. The molecule has 1 fully saturated rings. The average molecular weight is 312 g/mol. The largest absolute Gasteiger partial charge is 0.444 e. The summed E-state index contributed by atoms with van der Waals surface area (Å²) >= 11 is 0. The van der Waals surface area contributed by atoms with E-state index in [-0.39, 0.29) is 5.97 Å². The van der Waals surface area contributed by atoms with E-state index in [1.165, 1.54) is 41.9 Å². The van der Waals surface area contributed by atoms with E-state index < -0.39 is 0 Å². The first-order valence-electron chi connectivity index (χ1n) is 8.49. The van der Waals surface area contributed by atoms with Gasteiger partial charge in [0.05, 0.1) is 5.52 Å². The van der Waals surface area contributed by atoms with E-state index >= 15 is 0 Å². The number of fused-ring (bicyclic) bond motifs is 2. The number of hydrogen-bond donors (Lipinski definition) is 0. The number of piperidine rings is 1. The highest BCUT2D eigenvalue weighted by molar-refractivity contribution is 5.89. The van der Waals surface area contributed by atoms with Crippen LogP contribution in [0, 0.1) is 5.92 Å². The SMILES string of the molecule is CC(=O)OCn1cc2c3c(cccc31)C1C[C@@H](C)CN(C)[C@@H]1C2. The van der Waals surface area contributed by atoms with Crippen molar-refractivity contribution in [1.29, 1.82) is 0 Å². The number of carbonyl (C=O) groups is 1. The van der Waals surface area contributed by atoms with Crippen molar-refractivity contribution in [1.82, 2.24) is 9.47 Å². The van der Waals surface area contributed by atoms with Crippen molar-refractivity contribution in [3.05, 3.63) is 35.5 Å². The molecule has 2 heterocycles. The maximum atomic E-state index is 11.2. The Balaban J connectivity index is 1.80. The quantitative estimate of drug-likeness (QED) is 0.799. The molecule has 0 bridgehead atoms. The van der Waals surface area contributed by atoms with Gasteiger partial charge in [0, 0.05) is 37.0 Å². The molecule has 0 spiro atoms. The van der Waals surface area contributed by atoms with E-state index in [2.05, 4.69) is 47.8 Å². The zero-order valence-electron chi connectivity index (χ0n) is 14.1. The number of nitrogens with zero attached hydrogens (tertiary/aromatic N) is 2. The van der Waals surface area contributed by atoms with E-state index in [0.29, 0.717) is 18.7 Å². The second-order valence-electron chi connectivity index (χ2n) is 7.29. The zero-order valence-corrected chi connectivity index (χ0v) is 14.1. The molecular weight excluding hydrogens is 288 g/mol. The van der Waals surface area contributed by atoms with Gasteiger partial charge in [0.2, 0.25) is 0 Å². The minimum Gasteiger partial charge on any atom is -0.444 e. The van der Waals surface area contributed by atoms with E-state index in [1.54, 1.807) is 0 Å². The molecule has 1 aliphatic heterocycles. The summed E-state index contributed by atoms with van der Waals surface area (Å²) < 4.78 is 7.30. The Bertz CT molecular complexity index is 764. The lowest BCUT2D eigenvalue weighted by molar-refractivity contribution is -0.144. The van der Waals surface area contributed by atoms with Crippen LogP contribution in [-0.4, -0.2) is 35.1 Å². The van der Waals surface area contributed by atoms with Crippen molar-refractivity contribution in [2.45, 2.75) is 45.4 Å². The van der Waals surface area contributed by atoms with Gasteiger partial charge in [-0.3, -0.25) is 4.79 Å². The number of rotatable bonds is 2. The maximum absolute atomic E-state index is 11.2. The van der Waals surface area contributed by atoms with Gasteiger partial charge in [-0.2, -0.15) is 0 Å². The van der Waals surface area contributed by atoms with Crippen molar-refractivity contribution in [2.75, 3.05) is 13.6 Å². The third-order valence-corrected chi connectivity index (χ3v) is 5.54. The Morgan fingerprint density at radius 2 is 2.22 bits per heavy atom. The molecule has 0 N–H and O–H groups in total. The fraction of sp³-hybridized carbons (Fsp3) is 0.526. The first-order chi connectivity index (χ1) is 11.0. The van der Waals surface area contributed by atoms with Crippen LogP contribution in [0.15, 0.2) is 24.4 Å². The number of aromatic nitrogens is 1. The molecule has 4 nitrogen and oxygen atoms in total. The lowest BCUT2D eigenvalue weighted by Gasteiger charge is -2.44. The predicted molar refractivity (Wildman–Crippen MR) is 90.3 cm³/mol. The Labute approximate surface area is 137 Å². The Morgan fingerprint density at radius 1 is 1.39 bits per heavy atom. The van der Waals surface area contributed by atoms with Crippen LogP contribution in [0.3, 0.4) is 0 Å². The summed E-state index contributed by atoms with van der Waals surface area (Å²) in [6.45, 7) is 5.30. The van der Waals surface area contributed by atoms with E-state index in [1.807, 2.05) is 0 Å². The molecule has 0 saturated carbocycles. The number of carbonyl (C=O) groups excluding carboxylic acids is 1. The zero-order chi connectivity index (χ0) is 16.1. The topological polar surface area (TPSA) is 34.5 Å². The summed E-state index contributed by atoms with van der Waals surface area (Å²) in [7, 11) is 2.26. The molecule has 122 valence electrons. The Hall–Kier alpha value is -1.81. The van der Waals surface area contributed by atoms with Crippen LogP contribution >= 0.6 is 0 Å². The molecule has 1 unspecified atom stereocenters. The number of ether oxygens (including phenoxy) is 1. The van der Waals surface area contributed by atoms with Gasteiger partial charge < -0.3 is 14.2 Å². The van der Waals surface area contributed by atoms with Gasteiger partial charge in [0.15, 0.2) is 6.73 Å². The molecule has 1 aliphatic carbocycles. The third-order valence-electron chi connectivity index (χ3n) is 5.54. The predicted octanol–water partition coefficient (Wildman–Crippen LogP) is 3.14. The normalized spacial score (nSPS) is 27.0. The van der Waals surface area contributed by atoms with Crippen LogP contribution in [-0.2, 0) is 22.7 Å². The summed E-state index contributed by atoms with van der Waals surface area (Å²) in [4.78, 5) is 13.7. The number of esters is 1. The lowest BCUT2D eigenvalue weighted by atomic mass is 9.73. The second-order valence-corrected chi connectivity index (χ2v) is 7.29. The van der Waals surface area contributed by atoms with Gasteiger partial charge in [-0.1, -0.05) is 19.1 Å². The number of hydrogen-bond acceptors (Lipinski definition) is 3. The first-order valence-corrected chi connectivity index (χ1v) is 8.49. The molecule has 1 aromatic carbocycles. The second kappa shape index (κ2) is 5.38. The molecule has 0 radical (unpaired) electrons. The molecule has 4 rings (SSSR count). The fourth-order valence-electron chi connectivity index (χ4n) is 4.66. The minimum atomic E-state index is -0.235. The van der Waals surface area contributed by atoms with Crippen molar-refractivity contribution in [3.8, 4) is 0 Å². The van der Waals surface area contributed by atoms with Crippen molar-refractivity contribution in [2.24, 2.45) is 5.92 Å². The van der Waals surface area contributed by atoms with Crippen LogP contribution in [0.5, 0.6) is 0 Å². The van der Waals surface area contributed by atoms with Crippen molar-refractivity contribution >= 4 is 16.9 Å². The smallest absolute Gasteiger partial charge is 0.304 e. The summed E-state index contributed by atoms with van der Waals surface area (Å²) in [6, 6.07) is 7.18. The highest BCUT2D eigenvalue weighted by Crippen LogP contribution is 2.44. The van der Waals surface area contributed by atoms with Gasteiger partial charge in [-0.05, 0) is 43.0 Å². The minimum absolute atomic E-state index is 0.235. The summed E-state index contributed by atoms with van der Waals surface area (Å²) in [6.07, 6.45) is 4.54. The van der Waals surface area contributed by atoms with Crippen LogP contribution in [0.1, 0.15) is 37.3 Å². The van der Waals surface area contributed by atoms with Crippen LogP contribution in [0.25, 0.3) is 10.9 Å². The maximum Gasteiger partial charge on any atom is 0.304 e. The highest BCUT2D eigenvalue weighted by Gasteiger charge is 2.38. The average Bonchev–Trinajstić information content (AvgIpc) is 2.86. The number of likely N-dealkylation sites (tertiary alicyclic amines) is 1. The molecule has 2 aromatic rings. The summed E-state index contributed by atoms with van der Waals surface area (Å²) in [5, 5.41) is 1.39. The Morgan fingerprint density at radius 3 is 3.00 bits per heavy atom. The van der Waals surface area contributed by atoms with Crippen LogP contribution in [0.4, 0.5) is 0 Å². The van der Waals surface area contributed by atoms with Gasteiger partial charge in [-0.15, -0.1) is 0 Å². The van der Waals surface area contributed by atoms with Crippen molar-refractivity contribution < 1.29 is 9.53 Å². The molecule has 23 heavy (non-hydrogen) atoms. The van der Waals surface area contributed by atoms with Gasteiger partial charge >= 0.3 is 5.97 Å². The van der Waals surface area contributed by atoms with E-state index in [0.717, 1.165) is 12.3 Å². The third kappa shape index (κ3) is 2.36. The molecule has 0 amide bonds. The first kappa shape index (κ1) is 14.8. The fourth-order valence-corrected chi connectivity index (χ4v) is 4.66. The van der Waals surface area contributed by atoms with Crippen molar-refractivity contribution in [3.63, 3.8) is 0 Å². The van der Waals surface area contributed by atoms with Crippen LogP contribution < -0.4 is 0 Å². The van der Waals surface area contributed by atoms with E-state index in [4.69, 9.17) is 4.74 Å². The van der Waals surface area contributed by atoms with E-state index in [9.17, 15) is 4.79 Å². The van der Waals surface area contributed by atoms with Crippen LogP contribution in [0.2, 0.25) is 0 Å². The molecule has 1 saturated heterocycles. The molecule has 3 atom stereocenters. The standard InChI is InChI=1S/C19H24N2O2/c1-12-7-16-15-5-4-6-17-19(15)14(8-18(16)20(3)9-12)10-21(17)11-23-13(2)22/h4-6,10,12,16,18H,7-9,11H2,1-3H3/t12-,16?,18-/m1/s1. The highest BCUT2D eigenvalue weighted by atomic mass is 16.5. The number of benzene rings is 1. The van der Waals surface area contributed by atoms with Gasteiger partial charge in [-0.25, -0.2) is 0 Å². The summed E-state index contributed by atoms with van der Waals surface area (Å²) in [5.41, 5.74) is 4.07. The van der Waals surface area contributed by atoms with Gasteiger partial charge in [0.1, 0.15) is 0 Å². The Kier molecular flexibility index (Phi) is 3.45. The molecule has 4 heteroatoms. The number of likely N-dealkylation sites (N-methyl/N-ethyl adjacent to an activating group) is 1. The monoisotopic (exact) mass is 312 g/mol. The van der Waals surface area contributed by atoms with Gasteiger partial charge in [0.25, 0.3) is 0 Å². The molecular formula is C19H24N2O2. The molecule has 2 aliphatic rings. The summed E-state index contributed by atoms with van der Waals surface area (Å²) in [5.74, 6) is 1.12. The lowest BCUT2D eigenvalue weighted by Crippen LogP contribution is -2.47.